The number of hydrogen-bond donors (Lipinski definition) is 1. The van der Waals surface area contributed by atoms with Crippen molar-refractivity contribution in [2.24, 2.45) is 0 Å². The number of rotatable bonds is 6. The van der Waals surface area contributed by atoms with Crippen molar-refractivity contribution < 1.29 is 19.0 Å². The molecule has 0 atom stereocenters. The Balaban J connectivity index is 2.02. The number of benzene rings is 2. The third-order valence-corrected chi connectivity index (χ3v) is 3.40. The van der Waals surface area contributed by atoms with Crippen molar-refractivity contribution in [2.45, 2.75) is 0 Å². The summed E-state index contributed by atoms with van der Waals surface area (Å²) in [6.07, 6.45) is 0. The molecule has 0 aliphatic heterocycles. The molecule has 0 bridgehead atoms. The number of nitrogens with zero attached hydrogens (tertiary/aromatic N) is 1. The van der Waals surface area contributed by atoms with Crippen LogP contribution >= 0.6 is 11.6 Å². The van der Waals surface area contributed by atoms with Crippen molar-refractivity contribution >= 4 is 23.2 Å². The molecule has 0 aromatic heterocycles. The van der Waals surface area contributed by atoms with Crippen LogP contribution in [0.4, 0.5) is 5.69 Å². The van der Waals surface area contributed by atoms with Crippen molar-refractivity contribution in [3.8, 4) is 23.3 Å². The van der Waals surface area contributed by atoms with Crippen LogP contribution in [-0.4, -0.2) is 26.7 Å². The van der Waals surface area contributed by atoms with Crippen LogP contribution in [0, 0.1) is 11.3 Å². The molecule has 0 unspecified atom stereocenters. The molecule has 1 N–H and O–H groups in total. The zero-order valence-corrected chi connectivity index (χ0v) is 13.9. The van der Waals surface area contributed by atoms with Gasteiger partial charge in [-0.2, -0.15) is 5.26 Å². The van der Waals surface area contributed by atoms with E-state index in [1.165, 1.54) is 14.2 Å². The Labute approximate surface area is 144 Å². The van der Waals surface area contributed by atoms with Gasteiger partial charge in [-0.05, 0) is 24.3 Å². The number of nitrogens with one attached hydrogen (secondary N) is 1. The van der Waals surface area contributed by atoms with Gasteiger partial charge < -0.3 is 19.5 Å². The smallest absolute Gasteiger partial charge is 0.262 e. The number of methoxy groups -OCH3 is 2. The number of nitriles is 1. The van der Waals surface area contributed by atoms with Crippen LogP contribution in [0.15, 0.2) is 36.4 Å². The molecule has 2 rings (SSSR count). The lowest BCUT2D eigenvalue weighted by Crippen LogP contribution is -2.20. The maximum Gasteiger partial charge on any atom is 0.262 e. The summed E-state index contributed by atoms with van der Waals surface area (Å²) in [6.45, 7) is -0.194. The molecular weight excluding hydrogens is 332 g/mol. The van der Waals surface area contributed by atoms with Gasteiger partial charge in [-0.25, -0.2) is 0 Å². The average Bonchev–Trinajstić information content (AvgIpc) is 2.61. The molecule has 0 aliphatic rings. The van der Waals surface area contributed by atoms with Gasteiger partial charge in [-0.3, -0.25) is 4.79 Å². The van der Waals surface area contributed by atoms with Crippen LogP contribution in [0.25, 0.3) is 0 Å². The summed E-state index contributed by atoms with van der Waals surface area (Å²) in [5.74, 6) is 0.945. The van der Waals surface area contributed by atoms with Crippen molar-refractivity contribution in [1.82, 2.24) is 0 Å². The van der Waals surface area contributed by atoms with Gasteiger partial charge in [-0.1, -0.05) is 11.6 Å². The second-order valence-corrected chi connectivity index (χ2v) is 5.07. The summed E-state index contributed by atoms with van der Waals surface area (Å²) in [6, 6.07) is 11.6. The third kappa shape index (κ3) is 4.31. The molecule has 0 radical (unpaired) electrons. The second-order valence-electron chi connectivity index (χ2n) is 4.66. The summed E-state index contributed by atoms with van der Waals surface area (Å²) in [7, 11) is 2.95. The van der Waals surface area contributed by atoms with Crippen LogP contribution < -0.4 is 19.5 Å². The highest BCUT2D eigenvalue weighted by Crippen LogP contribution is 2.35. The second kappa shape index (κ2) is 8.09. The van der Waals surface area contributed by atoms with Gasteiger partial charge in [-0.15, -0.1) is 0 Å². The molecule has 0 saturated carbocycles. The largest absolute Gasteiger partial charge is 0.495 e. The van der Waals surface area contributed by atoms with E-state index in [9.17, 15) is 4.79 Å². The molecule has 0 saturated heterocycles. The molecule has 0 aliphatic carbocycles. The van der Waals surface area contributed by atoms with Crippen molar-refractivity contribution in [3.63, 3.8) is 0 Å². The number of carbonyl (C=O) groups is 1. The van der Waals surface area contributed by atoms with Crippen LogP contribution in [-0.2, 0) is 4.79 Å². The van der Waals surface area contributed by atoms with E-state index in [0.29, 0.717) is 33.5 Å². The topological polar surface area (TPSA) is 80.6 Å². The van der Waals surface area contributed by atoms with Crippen LogP contribution in [0.1, 0.15) is 5.56 Å². The monoisotopic (exact) mass is 346 g/mol. The Kier molecular flexibility index (Phi) is 5.88. The normalized spacial score (nSPS) is 9.75. The van der Waals surface area contributed by atoms with Gasteiger partial charge in [0.05, 0.1) is 36.6 Å². The van der Waals surface area contributed by atoms with Crippen LogP contribution in [0.2, 0.25) is 5.02 Å². The molecule has 0 heterocycles. The standard InChI is InChI=1S/C17H15ClN2O4/c1-22-15-8-14(16(23-2)7-13(15)18)20-17(21)10-24-12-5-3-11(9-19)4-6-12/h3-8H,10H2,1-2H3,(H,20,21). The van der Waals surface area contributed by atoms with Gasteiger partial charge in [0.2, 0.25) is 0 Å². The van der Waals surface area contributed by atoms with E-state index in [1.54, 1.807) is 36.4 Å². The van der Waals surface area contributed by atoms with Gasteiger partial charge in [0.25, 0.3) is 5.91 Å². The molecule has 0 fully saturated rings. The zero-order chi connectivity index (χ0) is 17.5. The fourth-order valence-electron chi connectivity index (χ4n) is 1.92. The predicted octanol–water partition coefficient (Wildman–Crippen LogP) is 3.25. The van der Waals surface area contributed by atoms with E-state index in [0.717, 1.165) is 0 Å². The predicted molar refractivity (Wildman–Crippen MR) is 89.8 cm³/mol. The number of halogens is 1. The zero-order valence-electron chi connectivity index (χ0n) is 13.1. The Hall–Kier alpha value is -2.91. The summed E-state index contributed by atoms with van der Waals surface area (Å²) >= 11 is 6.02. The quantitative estimate of drug-likeness (QED) is 0.868. The maximum atomic E-state index is 12.0. The first kappa shape index (κ1) is 17.4. The maximum absolute atomic E-state index is 12.0. The van der Waals surface area contributed by atoms with E-state index in [-0.39, 0.29) is 12.5 Å². The molecule has 0 spiro atoms. The lowest BCUT2D eigenvalue weighted by atomic mass is 10.2. The summed E-state index contributed by atoms with van der Waals surface area (Å²) in [4.78, 5) is 12.0. The Morgan fingerprint density at radius 1 is 1.17 bits per heavy atom. The molecule has 1 amide bonds. The molecule has 24 heavy (non-hydrogen) atoms. The number of ether oxygens (including phenoxy) is 3. The highest BCUT2D eigenvalue weighted by Gasteiger charge is 2.13. The number of amides is 1. The third-order valence-electron chi connectivity index (χ3n) is 3.10. The number of carbonyl (C=O) groups excluding carboxylic acids is 1. The van der Waals surface area contributed by atoms with Gasteiger partial charge in [0.15, 0.2) is 6.61 Å². The van der Waals surface area contributed by atoms with Gasteiger partial charge in [0.1, 0.15) is 17.2 Å². The van der Waals surface area contributed by atoms with E-state index < -0.39 is 0 Å². The van der Waals surface area contributed by atoms with E-state index in [2.05, 4.69) is 5.32 Å². The van der Waals surface area contributed by atoms with Crippen molar-refractivity contribution in [3.05, 3.63) is 47.0 Å². The van der Waals surface area contributed by atoms with E-state index in [1.807, 2.05) is 6.07 Å². The highest BCUT2D eigenvalue weighted by atomic mass is 35.5. The first-order valence-electron chi connectivity index (χ1n) is 6.91. The van der Waals surface area contributed by atoms with E-state index >= 15 is 0 Å². The minimum absolute atomic E-state index is 0.194. The molecule has 7 heteroatoms. The molecule has 2 aromatic rings. The molecule has 2 aromatic carbocycles. The van der Waals surface area contributed by atoms with Crippen molar-refractivity contribution in [1.29, 1.82) is 5.26 Å². The first-order chi connectivity index (χ1) is 11.6. The summed E-state index contributed by atoms with van der Waals surface area (Å²) < 4.78 is 15.7. The lowest BCUT2D eigenvalue weighted by Gasteiger charge is -2.13. The minimum Gasteiger partial charge on any atom is -0.495 e. The van der Waals surface area contributed by atoms with Gasteiger partial charge >= 0.3 is 0 Å². The minimum atomic E-state index is -0.373. The fraction of sp³-hybridized carbons (Fsp3) is 0.176. The number of hydrogen-bond acceptors (Lipinski definition) is 5. The number of anilines is 1. The van der Waals surface area contributed by atoms with E-state index in [4.69, 9.17) is 31.1 Å². The van der Waals surface area contributed by atoms with Gasteiger partial charge in [0, 0.05) is 12.1 Å². The van der Waals surface area contributed by atoms with Crippen LogP contribution in [0.5, 0.6) is 17.2 Å². The summed E-state index contributed by atoms with van der Waals surface area (Å²) in [5, 5.41) is 11.8. The molecular formula is C17H15ClN2O4. The average molecular weight is 347 g/mol. The SMILES string of the molecule is COc1cc(NC(=O)COc2ccc(C#N)cc2)c(OC)cc1Cl. The molecule has 6 nitrogen and oxygen atoms in total. The molecule has 124 valence electrons. The summed E-state index contributed by atoms with van der Waals surface area (Å²) in [5.41, 5.74) is 0.942. The highest BCUT2D eigenvalue weighted by molar-refractivity contribution is 6.32. The van der Waals surface area contributed by atoms with Crippen molar-refractivity contribution in [2.75, 3.05) is 26.1 Å². The van der Waals surface area contributed by atoms with Crippen LogP contribution in [0.3, 0.4) is 0 Å². The Bertz CT molecular complexity index is 769. The first-order valence-corrected chi connectivity index (χ1v) is 7.29. The fourth-order valence-corrected chi connectivity index (χ4v) is 2.15. The Morgan fingerprint density at radius 3 is 2.42 bits per heavy atom. The Morgan fingerprint density at radius 2 is 1.83 bits per heavy atom. The lowest BCUT2D eigenvalue weighted by molar-refractivity contribution is -0.118.